The van der Waals surface area contributed by atoms with Crippen molar-refractivity contribution in [3.05, 3.63) is 58.6 Å². The molecule has 3 aromatic rings. The summed E-state index contributed by atoms with van der Waals surface area (Å²) in [6.07, 6.45) is 1.33. The van der Waals surface area contributed by atoms with Gasteiger partial charge in [-0.2, -0.15) is 0 Å². The molecule has 0 spiro atoms. The molecule has 9 heteroatoms. The Morgan fingerprint density at radius 3 is 2.68 bits per heavy atom. The maximum absolute atomic E-state index is 12.6. The number of fused-ring (bicyclic) bond motifs is 1. The molecule has 9 nitrogen and oxygen atoms in total. The van der Waals surface area contributed by atoms with Crippen LogP contribution in [0.5, 0.6) is 11.5 Å². The number of esters is 1. The van der Waals surface area contributed by atoms with Crippen LogP contribution >= 0.6 is 0 Å². The highest BCUT2D eigenvalue weighted by atomic mass is 16.5. The van der Waals surface area contributed by atoms with E-state index in [1.165, 1.54) is 25.1 Å². The van der Waals surface area contributed by atoms with Gasteiger partial charge in [-0.05, 0) is 30.7 Å². The summed E-state index contributed by atoms with van der Waals surface area (Å²) in [6.45, 7) is 1.51. The lowest BCUT2D eigenvalue weighted by Crippen LogP contribution is -2.24. The number of anilines is 1. The van der Waals surface area contributed by atoms with Crippen molar-refractivity contribution in [2.75, 3.05) is 26.1 Å². The number of rotatable bonds is 8. The topological polar surface area (TPSA) is 109 Å². The van der Waals surface area contributed by atoms with Crippen molar-refractivity contribution in [2.45, 2.75) is 19.9 Å². The molecule has 0 saturated carbocycles. The summed E-state index contributed by atoms with van der Waals surface area (Å²) in [4.78, 5) is 41.0. The molecule has 3 rings (SSSR count). The van der Waals surface area contributed by atoms with Gasteiger partial charge in [0.05, 0.1) is 43.6 Å². The molecule has 1 heterocycles. The number of amides is 1. The molecule has 1 N–H and O–H groups in total. The van der Waals surface area contributed by atoms with Crippen LogP contribution in [0.4, 0.5) is 5.69 Å². The average Bonchev–Trinajstić information content (AvgIpc) is 2.77. The molecular formula is C22H23N3O6. The first-order valence-electron chi connectivity index (χ1n) is 9.55. The number of hydrogen-bond donors (Lipinski definition) is 1. The van der Waals surface area contributed by atoms with Crippen molar-refractivity contribution in [2.24, 2.45) is 0 Å². The molecule has 0 radical (unpaired) electrons. The second-order valence-corrected chi connectivity index (χ2v) is 6.74. The largest absolute Gasteiger partial charge is 0.497 e. The number of ether oxygens (including phenoxy) is 3. The van der Waals surface area contributed by atoms with Crippen molar-refractivity contribution in [3.8, 4) is 11.5 Å². The summed E-state index contributed by atoms with van der Waals surface area (Å²) in [5.41, 5.74) is 1.70. The molecule has 1 aromatic heterocycles. The first-order valence-corrected chi connectivity index (χ1v) is 9.55. The number of para-hydroxylation sites is 1. The van der Waals surface area contributed by atoms with Crippen LogP contribution in [-0.4, -0.2) is 42.3 Å². The predicted octanol–water partition coefficient (Wildman–Crippen LogP) is 2.29. The van der Waals surface area contributed by atoms with E-state index in [0.717, 1.165) is 5.56 Å². The van der Waals surface area contributed by atoms with Crippen molar-refractivity contribution in [3.63, 3.8) is 0 Å². The van der Waals surface area contributed by atoms with Crippen molar-refractivity contribution in [1.29, 1.82) is 0 Å². The summed E-state index contributed by atoms with van der Waals surface area (Å²) in [5, 5.41) is 3.10. The molecule has 0 bridgehead atoms. The molecular weight excluding hydrogens is 402 g/mol. The summed E-state index contributed by atoms with van der Waals surface area (Å²) in [7, 11) is 2.98. The van der Waals surface area contributed by atoms with Crippen LogP contribution in [0.25, 0.3) is 10.9 Å². The van der Waals surface area contributed by atoms with Gasteiger partial charge in [-0.3, -0.25) is 19.0 Å². The van der Waals surface area contributed by atoms with Crippen LogP contribution in [0.3, 0.4) is 0 Å². The van der Waals surface area contributed by atoms with Gasteiger partial charge in [0.1, 0.15) is 11.5 Å². The summed E-state index contributed by atoms with van der Waals surface area (Å²) in [6, 6.07) is 10.3. The van der Waals surface area contributed by atoms with E-state index < -0.39 is 18.5 Å². The number of aromatic nitrogens is 2. The minimum atomic E-state index is -0.607. The number of nitrogens with one attached hydrogen (secondary N) is 1. The molecule has 0 aliphatic carbocycles. The normalized spacial score (nSPS) is 10.5. The molecule has 0 fully saturated rings. The molecule has 0 aliphatic heterocycles. The summed E-state index contributed by atoms with van der Waals surface area (Å²) >= 11 is 0. The van der Waals surface area contributed by atoms with Crippen LogP contribution in [0.1, 0.15) is 12.0 Å². The standard InChI is InChI=1S/C22H23N3O6/c1-14-5-4-6-16-21(14)23-13-25(22(16)28)10-9-20(27)31-12-19(26)24-17-11-15(29-2)7-8-18(17)30-3/h4-8,11,13H,9-10,12H2,1-3H3,(H,24,26). The SMILES string of the molecule is COc1ccc(OC)c(NC(=O)COC(=O)CCn2cnc3c(C)cccc3c2=O)c1. The Hall–Kier alpha value is -3.88. The van der Waals surface area contributed by atoms with Gasteiger partial charge in [0, 0.05) is 12.6 Å². The number of benzene rings is 2. The maximum Gasteiger partial charge on any atom is 0.308 e. The highest BCUT2D eigenvalue weighted by Crippen LogP contribution is 2.28. The van der Waals surface area contributed by atoms with Gasteiger partial charge in [-0.1, -0.05) is 12.1 Å². The minimum Gasteiger partial charge on any atom is -0.497 e. The van der Waals surface area contributed by atoms with Crippen LogP contribution in [0.15, 0.2) is 47.5 Å². The van der Waals surface area contributed by atoms with Gasteiger partial charge in [-0.25, -0.2) is 4.98 Å². The third-order valence-electron chi connectivity index (χ3n) is 4.66. The number of aryl methyl sites for hydroxylation is 2. The maximum atomic E-state index is 12.6. The fraction of sp³-hybridized carbons (Fsp3) is 0.273. The zero-order chi connectivity index (χ0) is 22.4. The Bertz CT molecular complexity index is 1170. The number of methoxy groups -OCH3 is 2. The molecule has 0 aliphatic rings. The van der Waals surface area contributed by atoms with Gasteiger partial charge in [0.25, 0.3) is 11.5 Å². The molecule has 0 unspecified atom stereocenters. The number of carbonyl (C=O) groups is 2. The predicted molar refractivity (Wildman–Crippen MR) is 114 cm³/mol. The minimum absolute atomic E-state index is 0.0747. The second-order valence-electron chi connectivity index (χ2n) is 6.74. The lowest BCUT2D eigenvalue weighted by molar-refractivity contribution is -0.147. The van der Waals surface area contributed by atoms with Crippen molar-refractivity contribution in [1.82, 2.24) is 9.55 Å². The highest BCUT2D eigenvalue weighted by Gasteiger charge is 2.13. The first kappa shape index (κ1) is 21.8. The fourth-order valence-corrected chi connectivity index (χ4v) is 3.02. The van der Waals surface area contributed by atoms with Gasteiger partial charge < -0.3 is 19.5 Å². The van der Waals surface area contributed by atoms with Crippen LogP contribution < -0.4 is 20.3 Å². The number of carbonyl (C=O) groups excluding carboxylic acids is 2. The third-order valence-corrected chi connectivity index (χ3v) is 4.66. The van der Waals surface area contributed by atoms with Crippen LogP contribution in [0, 0.1) is 6.92 Å². The van der Waals surface area contributed by atoms with E-state index in [-0.39, 0.29) is 18.5 Å². The van der Waals surface area contributed by atoms with Crippen LogP contribution in [0.2, 0.25) is 0 Å². The summed E-state index contributed by atoms with van der Waals surface area (Å²) < 4.78 is 16.7. The Balaban J connectivity index is 1.55. The molecule has 162 valence electrons. The molecule has 2 aromatic carbocycles. The molecule has 31 heavy (non-hydrogen) atoms. The second kappa shape index (κ2) is 9.75. The van der Waals surface area contributed by atoms with Gasteiger partial charge >= 0.3 is 5.97 Å². The van der Waals surface area contributed by atoms with E-state index in [9.17, 15) is 14.4 Å². The van der Waals surface area contributed by atoms with E-state index in [4.69, 9.17) is 14.2 Å². The van der Waals surface area contributed by atoms with E-state index in [0.29, 0.717) is 28.1 Å². The van der Waals surface area contributed by atoms with Crippen LogP contribution in [-0.2, 0) is 20.9 Å². The Morgan fingerprint density at radius 1 is 1.13 bits per heavy atom. The Morgan fingerprint density at radius 2 is 1.94 bits per heavy atom. The highest BCUT2D eigenvalue weighted by molar-refractivity contribution is 5.94. The summed E-state index contributed by atoms with van der Waals surface area (Å²) in [5.74, 6) is -0.152. The molecule has 0 atom stereocenters. The van der Waals surface area contributed by atoms with E-state index in [1.54, 1.807) is 30.3 Å². The fourth-order valence-electron chi connectivity index (χ4n) is 3.02. The van der Waals surface area contributed by atoms with Gasteiger partial charge in [-0.15, -0.1) is 0 Å². The van der Waals surface area contributed by atoms with Gasteiger partial charge in [0.15, 0.2) is 6.61 Å². The van der Waals surface area contributed by atoms with Crippen molar-refractivity contribution >= 4 is 28.5 Å². The quantitative estimate of drug-likeness (QED) is 0.552. The monoisotopic (exact) mass is 425 g/mol. The molecule has 0 saturated heterocycles. The van der Waals surface area contributed by atoms with E-state index >= 15 is 0 Å². The lowest BCUT2D eigenvalue weighted by Gasteiger charge is -2.12. The lowest BCUT2D eigenvalue weighted by atomic mass is 10.1. The number of hydrogen-bond acceptors (Lipinski definition) is 7. The first-order chi connectivity index (χ1) is 14.9. The van der Waals surface area contributed by atoms with Crippen molar-refractivity contribution < 1.29 is 23.8 Å². The zero-order valence-electron chi connectivity index (χ0n) is 17.5. The number of nitrogens with zero attached hydrogens (tertiary/aromatic N) is 2. The average molecular weight is 425 g/mol. The third kappa shape index (κ3) is 5.19. The Kier molecular flexibility index (Phi) is 6.86. The smallest absolute Gasteiger partial charge is 0.308 e. The van der Waals surface area contributed by atoms with E-state index in [1.807, 2.05) is 13.0 Å². The van der Waals surface area contributed by atoms with E-state index in [2.05, 4.69) is 10.3 Å². The van der Waals surface area contributed by atoms with Gasteiger partial charge in [0.2, 0.25) is 0 Å². The zero-order valence-corrected chi connectivity index (χ0v) is 17.5. The molecule has 1 amide bonds. The Labute approximate surface area is 178 Å².